The molecule has 4 heteroatoms. The Balaban J connectivity index is 2.88. The summed E-state index contributed by atoms with van der Waals surface area (Å²) in [6, 6.07) is 0. The van der Waals surface area contributed by atoms with Crippen molar-refractivity contribution in [2.75, 3.05) is 6.61 Å². The summed E-state index contributed by atoms with van der Waals surface area (Å²) >= 11 is 10.3. The normalized spacial score (nSPS) is 10.4. The van der Waals surface area contributed by atoms with Gasteiger partial charge in [-0.1, -0.05) is 32.1 Å². The van der Waals surface area contributed by atoms with Crippen LogP contribution in [0.15, 0.2) is 0 Å². The molecule has 14 heavy (non-hydrogen) atoms. The molecule has 0 unspecified atom stereocenters. The lowest BCUT2D eigenvalue weighted by Crippen LogP contribution is -1.87. The summed E-state index contributed by atoms with van der Waals surface area (Å²) in [6.45, 7) is 0.641. The van der Waals surface area contributed by atoms with Gasteiger partial charge in [-0.25, -0.2) is 0 Å². The van der Waals surface area contributed by atoms with Crippen molar-refractivity contribution in [1.82, 2.24) is 0 Å². The zero-order valence-electron chi connectivity index (χ0n) is 8.44. The minimum absolute atomic E-state index is 0.218. The molecule has 2 nitrogen and oxygen atoms in total. The van der Waals surface area contributed by atoms with E-state index in [1.54, 1.807) is 0 Å². The first kappa shape index (κ1) is 14.2. The Labute approximate surface area is 96.1 Å². The number of rotatable bonds is 10. The third kappa shape index (κ3) is 12.2. The van der Waals surface area contributed by atoms with E-state index in [-0.39, 0.29) is 5.24 Å². The van der Waals surface area contributed by atoms with Crippen molar-refractivity contribution in [3.8, 4) is 0 Å². The summed E-state index contributed by atoms with van der Waals surface area (Å²) in [5.74, 6) is 0. The molecule has 0 aromatic rings. The highest BCUT2D eigenvalue weighted by atomic mass is 35.5. The SMILES string of the molecule is O=C(Cl)CCCCCCCCCOCl. The van der Waals surface area contributed by atoms with Crippen LogP contribution in [0, 0.1) is 0 Å². The second kappa shape index (κ2) is 11.3. The van der Waals surface area contributed by atoms with Crippen molar-refractivity contribution in [2.45, 2.75) is 51.4 Å². The van der Waals surface area contributed by atoms with Gasteiger partial charge in [0, 0.05) is 6.42 Å². The van der Waals surface area contributed by atoms with E-state index < -0.39 is 0 Å². The number of carbonyl (C=O) groups is 1. The van der Waals surface area contributed by atoms with Gasteiger partial charge in [-0.15, -0.1) is 0 Å². The average molecular weight is 241 g/mol. The van der Waals surface area contributed by atoms with Crippen LogP contribution in [-0.2, 0) is 9.08 Å². The van der Waals surface area contributed by atoms with Crippen molar-refractivity contribution < 1.29 is 9.08 Å². The van der Waals surface area contributed by atoms with Gasteiger partial charge in [0.2, 0.25) is 5.24 Å². The highest BCUT2D eigenvalue weighted by molar-refractivity contribution is 6.63. The van der Waals surface area contributed by atoms with Crippen molar-refractivity contribution in [2.24, 2.45) is 0 Å². The van der Waals surface area contributed by atoms with Gasteiger partial charge >= 0.3 is 0 Å². The molecule has 0 aromatic heterocycles. The van der Waals surface area contributed by atoms with E-state index in [9.17, 15) is 4.79 Å². The molecule has 0 bridgehead atoms. The Bertz CT molecular complexity index is 140. The van der Waals surface area contributed by atoms with E-state index in [1.807, 2.05) is 0 Å². The lowest BCUT2D eigenvalue weighted by atomic mass is 10.1. The maximum atomic E-state index is 10.4. The summed E-state index contributed by atoms with van der Waals surface area (Å²) in [5.41, 5.74) is 0. The minimum atomic E-state index is -0.218. The Morgan fingerprint density at radius 1 is 0.929 bits per heavy atom. The standard InChI is InChI=1S/C10H18Cl2O2/c11-10(13)8-6-4-2-1-3-5-7-9-14-12/h1-9H2. The quantitative estimate of drug-likeness (QED) is 0.426. The topological polar surface area (TPSA) is 26.3 Å². The number of hydrogen-bond donors (Lipinski definition) is 0. The second-order valence-electron chi connectivity index (χ2n) is 3.39. The summed E-state index contributed by atoms with van der Waals surface area (Å²) in [4.78, 5) is 10.4. The highest BCUT2D eigenvalue weighted by Gasteiger charge is 1.96. The van der Waals surface area contributed by atoms with Gasteiger partial charge in [0.05, 0.1) is 18.5 Å². The van der Waals surface area contributed by atoms with Crippen LogP contribution in [0.25, 0.3) is 0 Å². The van der Waals surface area contributed by atoms with Crippen LogP contribution in [0.2, 0.25) is 0 Å². The molecule has 0 N–H and O–H groups in total. The van der Waals surface area contributed by atoms with E-state index >= 15 is 0 Å². The molecule has 0 heterocycles. The fraction of sp³-hybridized carbons (Fsp3) is 0.900. The molecule has 0 amide bonds. The van der Waals surface area contributed by atoms with Crippen LogP contribution >= 0.6 is 23.5 Å². The van der Waals surface area contributed by atoms with Crippen molar-refractivity contribution in [3.63, 3.8) is 0 Å². The van der Waals surface area contributed by atoms with Gasteiger partial charge in [-0.3, -0.25) is 9.08 Å². The van der Waals surface area contributed by atoms with Gasteiger partial charge in [0.15, 0.2) is 0 Å². The molecular weight excluding hydrogens is 223 g/mol. The molecule has 0 spiro atoms. The number of hydrogen-bond acceptors (Lipinski definition) is 2. The van der Waals surface area contributed by atoms with Crippen molar-refractivity contribution in [1.29, 1.82) is 0 Å². The van der Waals surface area contributed by atoms with Gasteiger partial charge in [-0.05, 0) is 24.4 Å². The molecule has 0 atom stereocenters. The zero-order chi connectivity index (χ0) is 10.6. The molecule has 0 fully saturated rings. The van der Waals surface area contributed by atoms with Crippen LogP contribution in [0.3, 0.4) is 0 Å². The molecule has 0 aliphatic rings. The monoisotopic (exact) mass is 240 g/mol. The summed E-state index contributed by atoms with van der Waals surface area (Å²) in [7, 11) is 0. The molecule has 0 radical (unpaired) electrons. The minimum Gasteiger partial charge on any atom is -0.281 e. The molecular formula is C10H18Cl2O2. The van der Waals surface area contributed by atoms with Crippen LogP contribution in [0.5, 0.6) is 0 Å². The van der Waals surface area contributed by atoms with E-state index in [0.717, 1.165) is 19.3 Å². The van der Waals surface area contributed by atoms with Gasteiger partial charge < -0.3 is 0 Å². The Morgan fingerprint density at radius 2 is 1.43 bits per heavy atom. The van der Waals surface area contributed by atoms with Crippen LogP contribution < -0.4 is 0 Å². The summed E-state index contributed by atoms with van der Waals surface area (Å²) in [5, 5.41) is -0.218. The van der Waals surface area contributed by atoms with Crippen LogP contribution in [-0.4, -0.2) is 11.8 Å². The largest absolute Gasteiger partial charge is 0.281 e. The first-order chi connectivity index (χ1) is 6.77. The number of carbonyl (C=O) groups excluding carboxylic acids is 1. The van der Waals surface area contributed by atoms with Gasteiger partial charge in [0.1, 0.15) is 0 Å². The van der Waals surface area contributed by atoms with E-state index in [4.69, 9.17) is 23.5 Å². The molecule has 0 aromatic carbocycles. The fourth-order valence-corrected chi connectivity index (χ4v) is 1.55. The van der Waals surface area contributed by atoms with Crippen LogP contribution in [0.1, 0.15) is 51.4 Å². The maximum Gasteiger partial charge on any atom is 0.221 e. The maximum absolute atomic E-state index is 10.4. The number of unbranched alkanes of at least 4 members (excludes halogenated alkanes) is 6. The summed E-state index contributed by atoms with van der Waals surface area (Å²) in [6.07, 6.45) is 8.36. The average Bonchev–Trinajstić information content (AvgIpc) is 2.15. The molecule has 0 rings (SSSR count). The highest BCUT2D eigenvalue weighted by Crippen LogP contribution is 2.09. The Kier molecular flexibility index (Phi) is 11.5. The smallest absolute Gasteiger partial charge is 0.221 e. The second-order valence-corrected chi connectivity index (χ2v) is 4.03. The molecule has 0 saturated heterocycles. The van der Waals surface area contributed by atoms with Crippen molar-refractivity contribution >= 4 is 28.7 Å². The molecule has 0 saturated carbocycles. The first-order valence-electron chi connectivity index (χ1n) is 5.19. The Hall–Kier alpha value is 0.210. The Morgan fingerprint density at radius 3 is 1.93 bits per heavy atom. The number of halogens is 2. The van der Waals surface area contributed by atoms with E-state index in [0.29, 0.717) is 13.0 Å². The molecule has 84 valence electrons. The van der Waals surface area contributed by atoms with E-state index in [2.05, 4.69) is 4.29 Å². The zero-order valence-corrected chi connectivity index (χ0v) is 9.95. The predicted octanol–water partition coefficient (Wildman–Crippen LogP) is 4.04. The summed E-state index contributed by atoms with van der Waals surface area (Å²) < 4.78 is 4.43. The third-order valence-electron chi connectivity index (χ3n) is 2.09. The predicted molar refractivity (Wildman–Crippen MR) is 59.6 cm³/mol. The van der Waals surface area contributed by atoms with E-state index in [1.165, 1.54) is 25.7 Å². The van der Waals surface area contributed by atoms with Crippen LogP contribution in [0.4, 0.5) is 0 Å². The lowest BCUT2D eigenvalue weighted by molar-refractivity contribution is -0.111. The molecule has 0 aliphatic heterocycles. The third-order valence-corrected chi connectivity index (χ3v) is 2.44. The molecule has 0 aliphatic carbocycles. The van der Waals surface area contributed by atoms with Gasteiger partial charge in [0.25, 0.3) is 0 Å². The first-order valence-corrected chi connectivity index (χ1v) is 5.88. The van der Waals surface area contributed by atoms with Crippen molar-refractivity contribution in [3.05, 3.63) is 0 Å². The fourth-order valence-electron chi connectivity index (χ4n) is 1.30. The van der Waals surface area contributed by atoms with Gasteiger partial charge in [-0.2, -0.15) is 0 Å². The lowest BCUT2D eigenvalue weighted by Gasteiger charge is -1.99.